The second-order valence-electron chi connectivity index (χ2n) is 5.43. The van der Waals surface area contributed by atoms with Gasteiger partial charge in [-0.25, -0.2) is 9.37 Å². The molecule has 0 aliphatic carbocycles. The normalized spacial score (nSPS) is 11.9. The molecular weight excluding hydrogens is 297 g/mol. The van der Waals surface area contributed by atoms with Crippen molar-refractivity contribution >= 4 is 28.5 Å². The summed E-state index contributed by atoms with van der Waals surface area (Å²) >= 11 is 5.94. The van der Waals surface area contributed by atoms with E-state index in [1.165, 1.54) is 13.2 Å². The number of alkyl halides is 1. The van der Waals surface area contributed by atoms with Gasteiger partial charge in [-0.15, -0.1) is 11.6 Å². The monoisotopic (exact) mass is 313 g/mol. The zero-order chi connectivity index (χ0) is 15.8. The zero-order valence-electron chi connectivity index (χ0n) is 12.1. The maximum Gasteiger partial charge on any atom is 0.219 e. The molecule has 1 amide bonds. The summed E-state index contributed by atoms with van der Waals surface area (Å²) in [6.07, 6.45) is 0.113. The molecule has 2 aromatic rings. The molecule has 0 saturated heterocycles. The van der Waals surface area contributed by atoms with Crippen LogP contribution in [0.4, 0.5) is 4.39 Å². The molecule has 2 N–H and O–H groups in total. The van der Waals surface area contributed by atoms with Gasteiger partial charge in [-0.1, -0.05) is 0 Å². The first-order valence-electron chi connectivity index (χ1n) is 6.39. The van der Waals surface area contributed by atoms with Crippen molar-refractivity contribution < 1.29 is 13.9 Å². The molecule has 0 fully saturated rings. The number of rotatable bonds is 5. The molecule has 5 nitrogen and oxygen atoms in total. The molecule has 0 radical (unpaired) electrons. The number of methoxy groups -OCH3 is 1. The minimum absolute atomic E-state index is 0.111. The number of benzene rings is 1. The Morgan fingerprint density at radius 1 is 1.52 bits per heavy atom. The van der Waals surface area contributed by atoms with Crippen LogP contribution in [0.1, 0.15) is 26.1 Å². The fraction of sp³-hybridized carbons (Fsp3) is 0.429. The Morgan fingerprint density at radius 2 is 2.19 bits per heavy atom. The smallest absolute Gasteiger partial charge is 0.219 e. The third-order valence-electron chi connectivity index (χ3n) is 3.33. The Hall–Kier alpha value is -1.82. The quantitative estimate of drug-likeness (QED) is 0.862. The summed E-state index contributed by atoms with van der Waals surface area (Å²) in [4.78, 5) is 15.6. The van der Waals surface area contributed by atoms with Gasteiger partial charge in [-0.05, 0) is 13.8 Å². The summed E-state index contributed by atoms with van der Waals surface area (Å²) in [5.41, 5.74) is 5.79. The van der Waals surface area contributed by atoms with Crippen molar-refractivity contribution in [2.45, 2.75) is 31.7 Å². The predicted octanol–water partition coefficient (Wildman–Crippen LogP) is 2.53. The van der Waals surface area contributed by atoms with E-state index >= 15 is 0 Å². The SMILES string of the molecule is COc1cc2c(cc1F)nc(CCl)n2C(C)(C)CC(N)=O. The summed E-state index contributed by atoms with van der Waals surface area (Å²) in [6, 6.07) is 2.84. The number of amides is 1. The van der Waals surface area contributed by atoms with E-state index in [-0.39, 0.29) is 18.1 Å². The van der Waals surface area contributed by atoms with Gasteiger partial charge in [0.25, 0.3) is 0 Å². The van der Waals surface area contributed by atoms with Crippen LogP contribution in [0.15, 0.2) is 12.1 Å². The fourth-order valence-corrected chi connectivity index (χ4v) is 2.74. The molecule has 0 aliphatic rings. The Morgan fingerprint density at radius 3 is 2.71 bits per heavy atom. The maximum atomic E-state index is 13.8. The summed E-state index contributed by atoms with van der Waals surface area (Å²) < 4.78 is 20.6. The van der Waals surface area contributed by atoms with Gasteiger partial charge in [0.05, 0.1) is 24.0 Å². The zero-order valence-corrected chi connectivity index (χ0v) is 12.9. The lowest BCUT2D eigenvalue weighted by Gasteiger charge is -2.28. The van der Waals surface area contributed by atoms with Crippen LogP contribution < -0.4 is 10.5 Å². The largest absolute Gasteiger partial charge is 0.494 e. The number of nitrogens with two attached hydrogens (primary N) is 1. The number of carbonyl (C=O) groups is 1. The van der Waals surface area contributed by atoms with Crippen molar-refractivity contribution in [3.05, 3.63) is 23.8 Å². The van der Waals surface area contributed by atoms with Gasteiger partial charge in [-0.2, -0.15) is 0 Å². The summed E-state index contributed by atoms with van der Waals surface area (Å²) in [5, 5.41) is 0. The number of hydrogen-bond acceptors (Lipinski definition) is 3. The Balaban J connectivity index is 2.73. The van der Waals surface area contributed by atoms with Crippen LogP contribution in [-0.2, 0) is 16.2 Å². The number of aromatic nitrogens is 2. The first-order valence-corrected chi connectivity index (χ1v) is 6.93. The summed E-state index contributed by atoms with van der Waals surface area (Å²) in [5.74, 6) is -0.133. The molecule has 1 aromatic heterocycles. The molecule has 0 atom stereocenters. The van der Waals surface area contributed by atoms with E-state index in [1.54, 1.807) is 6.07 Å². The first-order chi connectivity index (χ1) is 9.80. The number of ether oxygens (including phenoxy) is 1. The molecule has 7 heteroatoms. The third kappa shape index (κ3) is 2.81. The van der Waals surface area contributed by atoms with Crippen molar-refractivity contribution in [2.75, 3.05) is 7.11 Å². The van der Waals surface area contributed by atoms with Gasteiger partial charge in [0.15, 0.2) is 11.6 Å². The van der Waals surface area contributed by atoms with Crippen molar-refractivity contribution in [1.82, 2.24) is 9.55 Å². The van der Waals surface area contributed by atoms with E-state index in [9.17, 15) is 9.18 Å². The van der Waals surface area contributed by atoms with Gasteiger partial charge >= 0.3 is 0 Å². The van der Waals surface area contributed by atoms with Gasteiger partial charge < -0.3 is 15.0 Å². The highest BCUT2D eigenvalue weighted by molar-refractivity contribution is 6.16. The predicted molar refractivity (Wildman–Crippen MR) is 78.9 cm³/mol. The number of hydrogen-bond donors (Lipinski definition) is 1. The highest BCUT2D eigenvalue weighted by Crippen LogP contribution is 2.32. The molecule has 0 unspecified atom stereocenters. The van der Waals surface area contributed by atoms with E-state index in [0.717, 1.165) is 0 Å². The average molecular weight is 314 g/mol. The van der Waals surface area contributed by atoms with Gasteiger partial charge in [-0.3, -0.25) is 4.79 Å². The number of halogens is 2. The van der Waals surface area contributed by atoms with Crippen LogP contribution in [0.25, 0.3) is 11.0 Å². The van der Waals surface area contributed by atoms with Gasteiger partial charge in [0, 0.05) is 24.1 Å². The molecule has 114 valence electrons. The Bertz CT molecular complexity index is 697. The van der Waals surface area contributed by atoms with Crippen molar-refractivity contribution in [3.8, 4) is 5.75 Å². The summed E-state index contributed by atoms with van der Waals surface area (Å²) in [6.45, 7) is 3.70. The number of fused-ring (bicyclic) bond motifs is 1. The standard InChI is InChI=1S/C14H17ClFN3O2/c1-14(2,6-12(17)20)19-10-5-11(21-3)8(16)4-9(10)18-13(19)7-15/h4-5H,6-7H2,1-3H3,(H2,17,20). The second-order valence-corrected chi connectivity index (χ2v) is 5.70. The lowest BCUT2D eigenvalue weighted by Crippen LogP contribution is -2.33. The van der Waals surface area contributed by atoms with Crippen LogP contribution in [0, 0.1) is 5.82 Å². The minimum Gasteiger partial charge on any atom is -0.494 e. The van der Waals surface area contributed by atoms with Crippen LogP contribution in [-0.4, -0.2) is 22.6 Å². The lowest BCUT2D eigenvalue weighted by molar-refractivity contribution is -0.119. The lowest BCUT2D eigenvalue weighted by atomic mass is 9.99. The van der Waals surface area contributed by atoms with Gasteiger partial charge in [0.2, 0.25) is 5.91 Å². The number of primary amides is 1. The topological polar surface area (TPSA) is 70.1 Å². The van der Waals surface area contributed by atoms with E-state index < -0.39 is 17.3 Å². The fourth-order valence-electron chi connectivity index (χ4n) is 2.56. The van der Waals surface area contributed by atoms with Crippen molar-refractivity contribution in [2.24, 2.45) is 5.73 Å². The van der Waals surface area contributed by atoms with Crippen molar-refractivity contribution in [3.63, 3.8) is 0 Å². The molecule has 1 heterocycles. The van der Waals surface area contributed by atoms with Crippen LogP contribution >= 0.6 is 11.6 Å². The van der Waals surface area contributed by atoms with Crippen molar-refractivity contribution in [1.29, 1.82) is 0 Å². The average Bonchev–Trinajstić information content (AvgIpc) is 2.74. The molecule has 0 spiro atoms. The number of carbonyl (C=O) groups excluding carboxylic acids is 1. The molecule has 0 saturated carbocycles. The molecule has 0 aliphatic heterocycles. The first kappa shape index (κ1) is 15.6. The third-order valence-corrected chi connectivity index (χ3v) is 3.57. The van der Waals surface area contributed by atoms with Crippen LogP contribution in [0.3, 0.4) is 0 Å². The van der Waals surface area contributed by atoms with E-state index in [0.29, 0.717) is 16.9 Å². The van der Waals surface area contributed by atoms with Crippen LogP contribution in [0.2, 0.25) is 0 Å². The van der Waals surface area contributed by atoms with E-state index in [2.05, 4.69) is 4.98 Å². The second kappa shape index (κ2) is 5.52. The molecule has 1 aromatic carbocycles. The van der Waals surface area contributed by atoms with E-state index in [4.69, 9.17) is 22.1 Å². The molecular formula is C14H17ClFN3O2. The molecule has 0 bridgehead atoms. The van der Waals surface area contributed by atoms with Crippen LogP contribution in [0.5, 0.6) is 5.75 Å². The molecule has 2 rings (SSSR count). The minimum atomic E-state index is -0.631. The Labute approximate surface area is 126 Å². The number of nitrogens with zero attached hydrogens (tertiary/aromatic N) is 2. The highest BCUT2D eigenvalue weighted by atomic mass is 35.5. The highest BCUT2D eigenvalue weighted by Gasteiger charge is 2.28. The number of imidazole rings is 1. The molecule has 21 heavy (non-hydrogen) atoms. The van der Waals surface area contributed by atoms with E-state index in [1.807, 2.05) is 18.4 Å². The van der Waals surface area contributed by atoms with Gasteiger partial charge in [0.1, 0.15) is 5.82 Å². The Kier molecular flexibility index (Phi) is 4.09. The maximum absolute atomic E-state index is 13.8. The summed E-state index contributed by atoms with van der Waals surface area (Å²) in [7, 11) is 1.39.